The van der Waals surface area contributed by atoms with E-state index in [-0.39, 0.29) is 5.91 Å². The highest BCUT2D eigenvalue weighted by atomic mass is 32.2. The predicted octanol–water partition coefficient (Wildman–Crippen LogP) is 3.81. The van der Waals surface area contributed by atoms with E-state index >= 15 is 0 Å². The zero-order valence-electron chi connectivity index (χ0n) is 13.9. The van der Waals surface area contributed by atoms with Gasteiger partial charge in [0, 0.05) is 13.0 Å². The fourth-order valence-electron chi connectivity index (χ4n) is 3.20. The van der Waals surface area contributed by atoms with Gasteiger partial charge in [0.2, 0.25) is 5.91 Å². The number of thioether (sulfide) groups is 1. The van der Waals surface area contributed by atoms with Gasteiger partial charge in [0.15, 0.2) is 10.3 Å². The smallest absolute Gasteiger partial charge is 0.236 e. The van der Waals surface area contributed by atoms with Crippen LogP contribution >= 0.6 is 23.1 Å². The van der Waals surface area contributed by atoms with E-state index in [0.717, 1.165) is 21.2 Å². The molecule has 1 saturated carbocycles. The normalized spacial score (nSPS) is 15.1. The second-order valence-electron chi connectivity index (χ2n) is 6.20. The predicted molar refractivity (Wildman–Crippen MR) is 101 cm³/mol. The zero-order valence-corrected chi connectivity index (χ0v) is 15.6. The Morgan fingerprint density at radius 2 is 2.12 bits per heavy atom. The topological polar surface area (TPSA) is 72.7 Å². The van der Waals surface area contributed by atoms with Crippen molar-refractivity contribution in [2.45, 2.75) is 36.8 Å². The Bertz CT molecular complexity index is 864. The molecule has 1 amide bonds. The van der Waals surface area contributed by atoms with Crippen LogP contribution in [0, 0.1) is 0 Å². The van der Waals surface area contributed by atoms with E-state index in [9.17, 15) is 4.79 Å². The van der Waals surface area contributed by atoms with Crippen molar-refractivity contribution >= 4 is 44.4 Å². The van der Waals surface area contributed by atoms with Crippen molar-refractivity contribution in [1.29, 1.82) is 0 Å². The number of hydrogen-bond donors (Lipinski definition) is 1. The number of fused-ring (bicyclic) bond motifs is 1. The van der Waals surface area contributed by atoms with E-state index in [1.807, 2.05) is 35.9 Å². The highest BCUT2D eigenvalue weighted by Crippen LogP contribution is 2.34. The molecular formula is C17H19N5OS2. The zero-order chi connectivity index (χ0) is 17.2. The van der Waals surface area contributed by atoms with Gasteiger partial charge in [-0.05, 0) is 25.0 Å². The summed E-state index contributed by atoms with van der Waals surface area (Å²) in [6, 6.07) is 7.86. The number of aromatic nitrogens is 4. The molecule has 0 unspecified atom stereocenters. The molecule has 130 valence electrons. The minimum Gasteiger partial charge on any atom is -0.309 e. The van der Waals surface area contributed by atoms with Gasteiger partial charge in [0.25, 0.3) is 0 Å². The van der Waals surface area contributed by atoms with Gasteiger partial charge in [-0.1, -0.05) is 48.1 Å². The SMILES string of the molecule is Cn1c(SCC(=O)Nc2nc3ccccc3s2)nnc1C1CCCC1. The Labute approximate surface area is 154 Å². The molecule has 3 aromatic rings. The number of hydrogen-bond acceptors (Lipinski definition) is 6. The maximum Gasteiger partial charge on any atom is 0.236 e. The summed E-state index contributed by atoms with van der Waals surface area (Å²) in [5.41, 5.74) is 0.907. The summed E-state index contributed by atoms with van der Waals surface area (Å²) < 4.78 is 3.10. The molecule has 2 aromatic heterocycles. The Morgan fingerprint density at radius 1 is 1.32 bits per heavy atom. The van der Waals surface area contributed by atoms with Gasteiger partial charge in [-0.25, -0.2) is 4.98 Å². The number of rotatable bonds is 5. The number of carbonyl (C=O) groups excluding carboxylic acids is 1. The number of carbonyl (C=O) groups is 1. The fourth-order valence-corrected chi connectivity index (χ4v) is 4.80. The third kappa shape index (κ3) is 3.55. The lowest BCUT2D eigenvalue weighted by Crippen LogP contribution is -2.14. The molecule has 25 heavy (non-hydrogen) atoms. The van der Waals surface area contributed by atoms with Crippen LogP contribution in [-0.2, 0) is 11.8 Å². The molecular weight excluding hydrogens is 354 g/mol. The molecule has 1 aliphatic rings. The van der Waals surface area contributed by atoms with Gasteiger partial charge in [0.1, 0.15) is 5.82 Å². The lowest BCUT2D eigenvalue weighted by molar-refractivity contribution is -0.113. The highest BCUT2D eigenvalue weighted by molar-refractivity contribution is 7.99. The maximum absolute atomic E-state index is 12.2. The minimum absolute atomic E-state index is 0.0746. The second-order valence-corrected chi connectivity index (χ2v) is 8.18. The lowest BCUT2D eigenvalue weighted by atomic mass is 10.1. The first-order valence-corrected chi connectivity index (χ1v) is 10.2. The number of benzene rings is 1. The van der Waals surface area contributed by atoms with E-state index < -0.39 is 0 Å². The lowest BCUT2D eigenvalue weighted by Gasteiger charge is -2.08. The molecule has 0 saturated heterocycles. The summed E-state index contributed by atoms with van der Waals surface area (Å²) in [7, 11) is 1.99. The summed E-state index contributed by atoms with van der Waals surface area (Å²) in [4.78, 5) is 16.6. The number of nitrogens with one attached hydrogen (secondary N) is 1. The van der Waals surface area contributed by atoms with Crippen molar-refractivity contribution in [2.24, 2.45) is 7.05 Å². The van der Waals surface area contributed by atoms with Crippen molar-refractivity contribution in [1.82, 2.24) is 19.7 Å². The van der Waals surface area contributed by atoms with Gasteiger partial charge in [-0.3, -0.25) is 4.79 Å². The number of anilines is 1. The van der Waals surface area contributed by atoms with Crippen LogP contribution in [-0.4, -0.2) is 31.4 Å². The third-order valence-electron chi connectivity index (χ3n) is 4.46. The van der Waals surface area contributed by atoms with Crippen LogP contribution in [0.5, 0.6) is 0 Å². The van der Waals surface area contributed by atoms with E-state index in [0.29, 0.717) is 16.8 Å². The van der Waals surface area contributed by atoms with Gasteiger partial charge in [-0.15, -0.1) is 10.2 Å². The maximum atomic E-state index is 12.2. The number of nitrogens with zero attached hydrogens (tertiary/aromatic N) is 4. The van der Waals surface area contributed by atoms with Crippen molar-refractivity contribution in [3.05, 3.63) is 30.1 Å². The van der Waals surface area contributed by atoms with E-state index in [4.69, 9.17) is 0 Å². The van der Waals surface area contributed by atoms with E-state index in [1.54, 1.807) is 0 Å². The molecule has 6 nitrogen and oxygen atoms in total. The first-order valence-electron chi connectivity index (χ1n) is 8.38. The Kier molecular flexibility index (Phi) is 4.72. The third-order valence-corrected chi connectivity index (χ3v) is 6.43. The average molecular weight is 374 g/mol. The van der Waals surface area contributed by atoms with Crippen molar-refractivity contribution < 1.29 is 4.79 Å². The minimum atomic E-state index is -0.0746. The fraction of sp³-hybridized carbons (Fsp3) is 0.412. The Hall–Kier alpha value is -1.93. The van der Waals surface area contributed by atoms with Crippen LogP contribution in [0.3, 0.4) is 0 Å². The molecule has 0 spiro atoms. The first kappa shape index (κ1) is 16.5. The van der Waals surface area contributed by atoms with Crippen molar-refractivity contribution in [2.75, 3.05) is 11.1 Å². The van der Waals surface area contributed by atoms with E-state index in [2.05, 4.69) is 20.5 Å². The average Bonchev–Trinajstić information content (AvgIpc) is 3.32. The molecule has 2 heterocycles. The summed E-state index contributed by atoms with van der Waals surface area (Å²) in [5, 5.41) is 12.9. The highest BCUT2D eigenvalue weighted by Gasteiger charge is 2.23. The summed E-state index contributed by atoms with van der Waals surface area (Å²) >= 11 is 2.90. The molecule has 0 atom stereocenters. The molecule has 0 bridgehead atoms. The monoisotopic (exact) mass is 373 g/mol. The van der Waals surface area contributed by atoms with Crippen LogP contribution in [0.4, 0.5) is 5.13 Å². The Balaban J connectivity index is 1.37. The standard InChI is InChI=1S/C17H19N5OS2/c1-22-15(11-6-2-3-7-11)20-21-17(22)24-10-14(23)19-16-18-12-8-4-5-9-13(12)25-16/h4-5,8-9,11H,2-3,6-7,10H2,1H3,(H,18,19,23). The number of amides is 1. The van der Waals surface area contributed by atoms with Crippen LogP contribution in [0.15, 0.2) is 29.4 Å². The van der Waals surface area contributed by atoms with Crippen LogP contribution in [0.2, 0.25) is 0 Å². The van der Waals surface area contributed by atoms with Gasteiger partial charge < -0.3 is 9.88 Å². The molecule has 0 aliphatic heterocycles. The summed E-state index contributed by atoms with van der Waals surface area (Å²) in [6.45, 7) is 0. The van der Waals surface area contributed by atoms with E-state index in [1.165, 1.54) is 48.8 Å². The quantitative estimate of drug-likeness (QED) is 0.689. The molecule has 8 heteroatoms. The molecule has 4 rings (SSSR count). The second kappa shape index (κ2) is 7.13. The molecule has 1 aromatic carbocycles. The summed E-state index contributed by atoms with van der Waals surface area (Å²) in [5.74, 6) is 1.79. The number of para-hydroxylation sites is 1. The van der Waals surface area contributed by atoms with Crippen LogP contribution in [0.25, 0.3) is 10.2 Å². The first-order chi connectivity index (χ1) is 12.2. The number of thiazole rings is 1. The van der Waals surface area contributed by atoms with Crippen LogP contribution in [0.1, 0.15) is 37.4 Å². The largest absolute Gasteiger partial charge is 0.309 e. The molecule has 1 aliphatic carbocycles. The molecule has 1 fully saturated rings. The Morgan fingerprint density at radius 3 is 2.92 bits per heavy atom. The van der Waals surface area contributed by atoms with Gasteiger partial charge in [-0.2, -0.15) is 0 Å². The van der Waals surface area contributed by atoms with Crippen molar-refractivity contribution in [3.8, 4) is 0 Å². The van der Waals surface area contributed by atoms with Crippen molar-refractivity contribution in [3.63, 3.8) is 0 Å². The molecule has 0 radical (unpaired) electrons. The van der Waals surface area contributed by atoms with Gasteiger partial charge >= 0.3 is 0 Å². The summed E-state index contributed by atoms with van der Waals surface area (Å²) in [6.07, 6.45) is 4.92. The van der Waals surface area contributed by atoms with Gasteiger partial charge in [0.05, 0.1) is 16.0 Å². The van der Waals surface area contributed by atoms with Crippen LogP contribution < -0.4 is 5.32 Å². The molecule has 1 N–H and O–H groups in total.